The largest absolute Gasteiger partial charge is 0.503 e. The molecule has 28 heavy (non-hydrogen) atoms. The Morgan fingerprint density at radius 2 is 2.00 bits per heavy atom. The van der Waals surface area contributed by atoms with Crippen LogP contribution in [0.2, 0.25) is 10.0 Å². The summed E-state index contributed by atoms with van der Waals surface area (Å²) in [7, 11) is 0. The number of aryl methyl sites for hydroxylation is 1. The third kappa shape index (κ3) is 2.89. The molecule has 1 amide bonds. The van der Waals surface area contributed by atoms with E-state index in [0.29, 0.717) is 16.3 Å². The van der Waals surface area contributed by atoms with Crippen LogP contribution < -0.4 is 4.90 Å². The van der Waals surface area contributed by atoms with Crippen LogP contribution in [0.25, 0.3) is 0 Å². The quantitative estimate of drug-likeness (QED) is 0.618. The molecule has 0 fully saturated rings. The maximum atomic E-state index is 13.0. The summed E-state index contributed by atoms with van der Waals surface area (Å²) in [6.45, 7) is 1.66. The highest BCUT2D eigenvalue weighted by Gasteiger charge is 2.46. The van der Waals surface area contributed by atoms with Crippen LogP contribution in [0.1, 0.15) is 27.9 Å². The number of anilines is 1. The number of hydrogen-bond donors (Lipinski definition) is 1. The van der Waals surface area contributed by atoms with Crippen molar-refractivity contribution in [2.45, 2.75) is 13.0 Å². The van der Waals surface area contributed by atoms with E-state index >= 15 is 0 Å². The average molecular weight is 419 g/mol. The van der Waals surface area contributed by atoms with Gasteiger partial charge in [-0.15, -0.1) is 0 Å². The van der Waals surface area contributed by atoms with Crippen molar-refractivity contribution in [1.29, 1.82) is 0 Å². The first-order valence-electron chi connectivity index (χ1n) is 8.11. The van der Waals surface area contributed by atoms with Crippen molar-refractivity contribution >= 4 is 40.7 Å². The predicted molar refractivity (Wildman–Crippen MR) is 101 cm³/mol. The lowest BCUT2D eigenvalue weighted by molar-refractivity contribution is -0.117. The number of carbonyl (C=O) groups is 2. The Morgan fingerprint density at radius 3 is 2.61 bits per heavy atom. The predicted octanol–water partition coefficient (Wildman–Crippen LogP) is 4.67. The van der Waals surface area contributed by atoms with Crippen LogP contribution >= 0.6 is 23.2 Å². The van der Waals surface area contributed by atoms with Crippen LogP contribution in [0.5, 0.6) is 0 Å². The zero-order valence-corrected chi connectivity index (χ0v) is 15.9. The number of aliphatic hydroxyl groups is 1. The molecule has 3 heterocycles. The molecule has 0 bridgehead atoms. The number of rotatable bonds is 4. The summed E-state index contributed by atoms with van der Waals surface area (Å²) in [6, 6.07) is 8.19. The van der Waals surface area contributed by atoms with Crippen LogP contribution in [0, 0.1) is 6.92 Å². The van der Waals surface area contributed by atoms with Gasteiger partial charge in [0.1, 0.15) is 5.76 Å². The minimum Gasteiger partial charge on any atom is -0.503 e. The molecule has 1 atom stereocenters. The number of furan rings is 1. The van der Waals surface area contributed by atoms with Gasteiger partial charge in [-0.1, -0.05) is 34.4 Å². The standard InChI is InChI=1S/C19H12Cl2N2O5/c1-9-7-14(22-28-9)23-16(10-4-5-11(20)12(21)8-10)15(18(25)19(23)26)17(24)13-3-2-6-27-13/h2-8,16,25H,1H3/t16-/m0/s1. The number of amides is 1. The van der Waals surface area contributed by atoms with Gasteiger partial charge in [0.15, 0.2) is 17.3 Å². The SMILES string of the molecule is Cc1cc(N2C(=O)C(O)=C(C(=O)c3ccco3)[C@@H]2c2ccc(Cl)c(Cl)c2)no1. The highest BCUT2D eigenvalue weighted by molar-refractivity contribution is 6.42. The molecular weight excluding hydrogens is 407 g/mol. The molecule has 4 rings (SSSR count). The van der Waals surface area contributed by atoms with E-state index in [1.165, 1.54) is 35.4 Å². The van der Waals surface area contributed by atoms with Gasteiger partial charge in [-0.05, 0) is 36.8 Å². The Kier molecular flexibility index (Phi) is 4.49. The van der Waals surface area contributed by atoms with Gasteiger partial charge in [0.05, 0.1) is 27.9 Å². The molecule has 1 N–H and O–H groups in total. The van der Waals surface area contributed by atoms with Crippen molar-refractivity contribution in [3.63, 3.8) is 0 Å². The van der Waals surface area contributed by atoms with Crippen LogP contribution in [0.3, 0.4) is 0 Å². The Labute approximate surface area is 168 Å². The van der Waals surface area contributed by atoms with Crippen molar-refractivity contribution in [1.82, 2.24) is 5.16 Å². The zero-order valence-electron chi connectivity index (χ0n) is 14.3. The monoisotopic (exact) mass is 418 g/mol. The number of halogens is 2. The number of ketones is 1. The van der Waals surface area contributed by atoms with E-state index in [0.717, 1.165) is 0 Å². The maximum absolute atomic E-state index is 13.0. The molecule has 2 aromatic heterocycles. The smallest absolute Gasteiger partial charge is 0.295 e. The Balaban J connectivity index is 1.90. The van der Waals surface area contributed by atoms with Gasteiger partial charge in [-0.25, -0.2) is 0 Å². The van der Waals surface area contributed by atoms with Crippen molar-refractivity contribution in [2.75, 3.05) is 4.90 Å². The first-order valence-corrected chi connectivity index (χ1v) is 8.87. The van der Waals surface area contributed by atoms with E-state index in [1.54, 1.807) is 19.1 Å². The molecule has 0 radical (unpaired) electrons. The fourth-order valence-electron chi connectivity index (χ4n) is 3.08. The van der Waals surface area contributed by atoms with Crippen LogP contribution in [0.4, 0.5) is 5.82 Å². The number of benzene rings is 1. The molecule has 0 saturated carbocycles. The number of hydrogen-bond acceptors (Lipinski definition) is 6. The normalized spacial score (nSPS) is 16.9. The summed E-state index contributed by atoms with van der Waals surface area (Å²) < 4.78 is 10.2. The van der Waals surface area contributed by atoms with Crippen LogP contribution in [0.15, 0.2) is 62.9 Å². The molecule has 0 saturated heterocycles. The third-order valence-corrected chi connectivity index (χ3v) is 5.06. The van der Waals surface area contributed by atoms with Gasteiger partial charge >= 0.3 is 0 Å². The second kappa shape index (κ2) is 6.85. The molecular formula is C19H12Cl2N2O5. The van der Waals surface area contributed by atoms with Gasteiger partial charge < -0.3 is 14.0 Å². The minimum absolute atomic E-state index is 0.0161. The van der Waals surface area contributed by atoms with Crippen LogP contribution in [-0.4, -0.2) is 22.0 Å². The summed E-state index contributed by atoms with van der Waals surface area (Å²) in [4.78, 5) is 27.0. The highest BCUT2D eigenvalue weighted by Crippen LogP contribution is 2.42. The van der Waals surface area contributed by atoms with E-state index in [9.17, 15) is 14.7 Å². The third-order valence-electron chi connectivity index (χ3n) is 4.32. The van der Waals surface area contributed by atoms with Gasteiger partial charge in [0, 0.05) is 6.07 Å². The summed E-state index contributed by atoms with van der Waals surface area (Å²) in [5, 5.41) is 14.9. The number of aliphatic hydroxyl groups excluding tert-OH is 1. The number of carbonyl (C=O) groups excluding carboxylic acids is 2. The highest BCUT2D eigenvalue weighted by atomic mass is 35.5. The molecule has 3 aromatic rings. The fourth-order valence-corrected chi connectivity index (χ4v) is 3.39. The summed E-state index contributed by atoms with van der Waals surface area (Å²) in [5.74, 6) is -1.53. The molecule has 1 aliphatic heterocycles. The topological polar surface area (TPSA) is 96.8 Å². The second-order valence-corrected chi connectivity index (χ2v) is 6.93. The summed E-state index contributed by atoms with van der Waals surface area (Å²) in [5.41, 5.74) is 0.307. The number of Topliss-reactive ketones (excluding diaryl/α,β-unsaturated/α-hetero) is 1. The minimum atomic E-state index is -0.996. The molecule has 9 heteroatoms. The second-order valence-electron chi connectivity index (χ2n) is 6.12. The average Bonchev–Trinajstić information content (AvgIpc) is 3.39. The summed E-state index contributed by atoms with van der Waals surface area (Å²) >= 11 is 12.1. The lowest BCUT2D eigenvalue weighted by atomic mass is 9.95. The van der Waals surface area contributed by atoms with Gasteiger partial charge in [-0.3, -0.25) is 14.5 Å². The van der Waals surface area contributed by atoms with E-state index in [2.05, 4.69) is 5.16 Å². The molecule has 0 unspecified atom stereocenters. The number of aromatic nitrogens is 1. The van der Waals surface area contributed by atoms with Crippen molar-refractivity contribution in [3.05, 3.63) is 81.1 Å². The molecule has 1 aliphatic rings. The molecule has 0 aliphatic carbocycles. The van der Waals surface area contributed by atoms with Crippen molar-refractivity contribution in [2.24, 2.45) is 0 Å². The van der Waals surface area contributed by atoms with Gasteiger partial charge in [0.2, 0.25) is 5.78 Å². The van der Waals surface area contributed by atoms with E-state index in [1.807, 2.05) is 0 Å². The lowest BCUT2D eigenvalue weighted by Crippen LogP contribution is -2.31. The van der Waals surface area contributed by atoms with E-state index in [-0.39, 0.29) is 22.2 Å². The van der Waals surface area contributed by atoms with E-state index < -0.39 is 23.5 Å². The fraction of sp³-hybridized carbons (Fsp3) is 0.105. The Bertz CT molecular complexity index is 1120. The molecule has 7 nitrogen and oxygen atoms in total. The Morgan fingerprint density at radius 1 is 1.21 bits per heavy atom. The lowest BCUT2D eigenvalue weighted by Gasteiger charge is -2.24. The van der Waals surface area contributed by atoms with E-state index in [4.69, 9.17) is 32.1 Å². The van der Waals surface area contributed by atoms with Gasteiger partial charge in [0.25, 0.3) is 5.91 Å². The zero-order chi connectivity index (χ0) is 20.0. The first kappa shape index (κ1) is 18.3. The first-order chi connectivity index (χ1) is 13.4. The van der Waals surface area contributed by atoms with Crippen molar-refractivity contribution in [3.8, 4) is 0 Å². The molecule has 1 aromatic carbocycles. The number of nitrogens with zero attached hydrogens (tertiary/aromatic N) is 2. The molecule has 0 spiro atoms. The Hall–Kier alpha value is -3.03. The van der Waals surface area contributed by atoms with Crippen molar-refractivity contribution < 1.29 is 23.6 Å². The summed E-state index contributed by atoms with van der Waals surface area (Å²) in [6.07, 6.45) is 1.33. The molecule has 142 valence electrons. The van der Waals surface area contributed by atoms with Crippen LogP contribution in [-0.2, 0) is 4.79 Å². The van der Waals surface area contributed by atoms with Gasteiger partial charge in [-0.2, -0.15) is 0 Å². The maximum Gasteiger partial charge on any atom is 0.295 e.